The van der Waals surface area contributed by atoms with Gasteiger partial charge < -0.3 is 15.8 Å². The molecule has 0 aliphatic heterocycles. The lowest BCUT2D eigenvalue weighted by atomic mass is 10.1. The molecule has 130 valence electrons. The molecule has 0 saturated heterocycles. The number of hydrogen-bond acceptors (Lipinski definition) is 5. The predicted octanol–water partition coefficient (Wildman–Crippen LogP) is 2.84. The first-order valence-corrected chi connectivity index (χ1v) is 9.41. The molecular formula is C17H23N3O3S. The van der Waals surface area contributed by atoms with Crippen LogP contribution in [-0.2, 0) is 12.8 Å². The van der Waals surface area contributed by atoms with Crippen LogP contribution < -0.4 is 11.3 Å². The molecule has 0 bridgehead atoms. The van der Waals surface area contributed by atoms with Gasteiger partial charge in [-0.3, -0.25) is 4.79 Å². The number of fused-ring (bicyclic) bond motifs is 3. The summed E-state index contributed by atoms with van der Waals surface area (Å²) >= 11 is 1.44. The Morgan fingerprint density at radius 1 is 1.17 bits per heavy atom. The number of hydrogen-bond donors (Lipinski definition) is 3. The number of H-pyrrole nitrogens is 1. The zero-order chi connectivity index (χ0) is 17.1. The van der Waals surface area contributed by atoms with E-state index in [-0.39, 0.29) is 11.4 Å². The number of carbonyl (C=O) groups is 1. The van der Waals surface area contributed by atoms with Crippen LogP contribution >= 0.6 is 11.3 Å². The third-order valence-corrected chi connectivity index (χ3v) is 5.86. The lowest BCUT2D eigenvalue weighted by Gasteiger charge is -2.03. The predicted molar refractivity (Wildman–Crippen MR) is 94.9 cm³/mol. The molecule has 6 nitrogen and oxygen atoms in total. The van der Waals surface area contributed by atoms with E-state index in [0.717, 1.165) is 24.8 Å². The van der Waals surface area contributed by atoms with E-state index in [1.54, 1.807) is 0 Å². The standard InChI is InChI=1S/C10H8N2O3S.C7H15N/c13-8-6-4-2-1-3-5(4)16-9(6)12-7(11-8)10(14)15;8-7-5-3-1-2-4-6-7/h1-3H2,(H,14,15)(H,11,12,13);7H,1-6,8H2. The normalized spacial score (nSPS) is 17.9. The summed E-state index contributed by atoms with van der Waals surface area (Å²) in [6.07, 6.45) is 11.0. The minimum atomic E-state index is -1.20. The Kier molecular flexibility index (Phi) is 5.30. The number of aromatic carboxylic acids is 1. The molecule has 0 radical (unpaired) electrons. The van der Waals surface area contributed by atoms with Crippen molar-refractivity contribution in [3.05, 3.63) is 26.6 Å². The van der Waals surface area contributed by atoms with Crippen LogP contribution in [-0.4, -0.2) is 27.1 Å². The third-order valence-electron chi connectivity index (χ3n) is 4.68. The van der Waals surface area contributed by atoms with E-state index in [2.05, 4.69) is 9.97 Å². The van der Waals surface area contributed by atoms with E-state index < -0.39 is 5.97 Å². The van der Waals surface area contributed by atoms with Crippen molar-refractivity contribution in [2.24, 2.45) is 5.73 Å². The van der Waals surface area contributed by atoms with Crippen LogP contribution in [0.1, 0.15) is 66.0 Å². The average molecular weight is 349 g/mol. The molecular weight excluding hydrogens is 326 g/mol. The summed E-state index contributed by atoms with van der Waals surface area (Å²) < 4.78 is 0. The summed E-state index contributed by atoms with van der Waals surface area (Å²) in [4.78, 5) is 30.5. The van der Waals surface area contributed by atoms with Gasteiger partial charge in [0.1, 0.15) is 4.83 Å². The van der Waals surface area contributed by atoms with Gasteiger partial charge in [-0.25, -0.2) is 9.78 Å². The second-order valence-corrected chi connectivity index (χ2v) is 7.59. The van der Waals surface area contributed by atoms with Crippen molar-refractivity contribution in [3.63, 3.8) is 0 Å². The molecule has 1 saturated carbocycles. The highest BCUT2D eigenvalue weighted by Crippen LogP contribution is 2.34. The Morgan fingerprint density at radius 3 is 2.54 bits per heavy atom. The van der Waals surface area contributed by atoms with Crippen molar-refractivity contribution in [2.75, 3.05) is 0 Å². The fraction of sp³-hybridized carbons (Fsp3) is 0.588. The van der Waals surface area contributed by atoms with Gasteiger partial charge in [0, 0.05) is 10.9 Å². The number of aryl methyl sites for hydroxylation is 2. The van der Waals surface area contributed by atoms with Gasteiger partial charge in [-0.2, -0.15) is 0 Å². The van der Waals surface area contributed by atoms with Crippen molar-refractivity contribution < 1.29 is 9.90 Å². The number of aromatic nitrogens is 2. The highest BCUT2D eigenvalue weighted by atomic mass is 32.1. The maximum atomic E-state index is 11.8. The van der Waals surface area contributed by atoms with Gasteiger partial charge in [-0.1, -0.05) is 25.7 Å². The second kappa shape index (κ2) is 7.44. The van der Waals surface area contributed by atoms with Gasteiger partial charge >= 0.3 is 5.97 Å². The van der Waals surface area contributed by atoms with E-state index in [1.165, 1.54) is 54.7 Å². The van der Waals surface area contributed by atoms with Crippen molar-refractivity contribution >= 4 is 27.5 Å². The Labute approximate surface area is 144 Å². The molecule has 7 heteroatoms. The summed E-state index contributed by atoms with van der Waals surface area (Å²) in [5.74, 6) is -1.48. The van der Waals surface area contributed by atoms with E-state index in [1.807, 2.05) is 0 Å². The number of thiophene rings is 1. The largest absolute Gasteiger partial charge is 0.475 e. The average Bonchev–Trinajstić information content (AvgIpc) is 3.03. The molecule has 2 heterocycles. The SMILES string of the molecule is NC1CCCCCC1.O=C(O)c1nc2sc3c(c2c(=O)[nH]1)CCC3. The molecule has 0 unspecified atom stereocenters. The molecule has 2 aliphatic rings. The summed E-state index contributed by atoms with van der Waals surface area (Å²) in [6, 6.07) is 0.525. The monoisotopic (exact) mass is 349 g/mol. The first-order valence-electron chi connectivity index (χ1n) is 8.59. The van der Waals surface area contributed by atoms with E-state index in [0.29, 0.717) is 16.3 Å². The summed E-state index contributed by atoms with van der Waals surface area (Å²) in [6.45, 7) is 0. The van der Waals surface area contributed by atoms with Gasteiger partial charge in [0.2, 0.25) is 5.82 Å². The molecule has 1 fully saturated rings. The lowest BCUT2D eigenvalue weighted by molar-refractivity contribution is 0.0683. The van der Waals surface area contributed by atoms with Crippen LogP contribution in [0.3, 0.4) is 0 Å². The highest BCUT2D eigenvalue weighted by molar-refractivity contribution is 7.18. The number of carboxylic acids is 1. The molecule has 2 aliphatic carbocycles. The maximum absolute atomic E-state index is 11.8. The van der Waals surface area contributed by atoms with Gasteiger partial charge in [-0.15, -0.1) is 11.3 Å². The molecule has 2 aromatic heterocycles. The number of carboxylic acid groups (broad SMARTS) is 1. The number of nitrogens with zero attached hydrogens (tertiary/aromatic N) is 1. The van der Waals surface area contributed by atoms with Crippen LogP contribution in [0, 0.1) is 0 Å². The Morgan fingerprint density at radius 2 is 1.88 bits per heavy atom. The van der Waals surface area contributed by atoms with Crippen LogP contribution in [0.4, 0.5) is 0 Å². The smallest absolute Gasteiger partial charge is 0.372 e. The number of aromatic amines is 1. The summed E-state index contributed by atoms with van der Waals surface area (Å²) in [5.41, 5.74) is 6.46. The fourth-order valence-corrected chi connectivity index (χ4v) is 4.68. The van der Waals surface area contributed by atoms with Crippen molar-refractivity contribution in [2.45, 2.75) is 63.8 Å². The topological polar surface area (TPSA) is 109 Å². The molecule has 0 amide bonds. The molecule has 0 aromatic carbocycles. The van der Waals surface area contributed by atoms with Crippen LogP contribution in [0.5, 0.6) is 0 Å². The zero-order valence-electron chi connectivity index (χ0n) is 13.6. The van der Waals surface area contributed by atoms with E-state index in [9.17, 15) is 9.59 Å². The molecule has 24 heavy (non-hydrogen) atoms. The summed E-state index contributed by atoms with van der Waals surface area (Å²) in [7, 11) is 0. The Balaban J connectivity index is 0.000000179. The van der Waals surface area contributed by atoms with Crippen molar-refractivity contribution in [1.29, 1.82) is 0 Å². The highest BCUT2D eigenvalue weighted by Gasteiger charge is 2.22. The van der Waals surface area contributed by atoms with Crippen LogP contribution in [0.15, 0.2) is 4.79 Å². The minimum absolute atomic E-state index is 0.280. The number of nitrogens with one attached hydrogen (secondary N) is 1. The number of nitrogens with two attached hydrogens (primary N) is 1. The van der Waals surface area contributed by atoms with E-state index in [4.69, 9.17) is 10.8 Å². The van der Waals surface area contributed by atoms with Crippen molar-refractivity contribution in [3.8, 4) is 0 Å². The zero-order valence-corrected chi connectivity index (χ0v) is 14.5. The number of rotatable bonds is 1. The van der Waals surface area contributed by atoms with Crippen LogP contribution in [0.25, 0.3) is 10.2 Å². The van der Waals surface area contributed by atoms with E-state index >= 15 is 0 Å². The molecule has 0 atom stereocenters. The van der Waals surface area contributed by atoms with Crippen LogP contribution in [0.2, 0.25) is 0 Å². The van der Waals surface area contributed by atoms with Gasteiger partial charge in [0.15, 0.2) is 0 Å². The maximum Gasteiger partial charge on any atom is 0.372 e. The molecule has 0 spiro atoms. The van der Waals surface area contributed by atoms with Gasteiger partial charge in [0.25, 0.3) is 5.56 Å². The molecule has 4 N–H and O–H groups in total. The quantitative estimate of drug-likeness (QED) is 0.686. The molecule has 4 rings (SSSR count). The van der Waals surface area contributed by atoms with Crippen molar-refractivity contribution in [1.82, 2.24) is 9.97 Å². The minimum Gasteiger partial charge on any atom is -0.475 e. The lowest BCUT2D eigenvalue weighted by Crippen LogP contribution is -2.17. The first-order chi connectivity index (χ1) is 11.6. The second-order valence-electron chi connectivity index (χ2n) is 6.51. The first kappa shape index (κ1) is 17.1. The molecule has 2 aromatic rings. The van der Waals surface area contributed by atoms with Gasteiger partial charge in [-0.05, 0) is 37.7 Å². The van der Waals surface area contributed by atoms with Gasteiger partial charge in [0.05, 0.1) is 5.39 Å². The third kappa shape index (κ3) is 3.67. The summed E-state index contributed by atoms with van der Waals surface area (Å²) in [5, 5.41) is 9.37. The Hall–Kier alpha value is -1.73. The Bertz CT molecular complexity index is 788. The fourth-order valence-electron chi connectivity index (χ4n) is 3.41.